The van der Waals surface area contributed by atoms with Crippen molar-refractivity contribution in [1.82, 2.24) is 9.78 Å². The quantitative estimate of drug-likeness (QED) is 0.823. The second-order valence-corrected chi connectivity index (χ2v) is 3.83. The highest BCUT2D eigenvalue weighted by Gasteiger charge is 2.01. The van der Waals surface area contributed by atoms with Gasteiger partial charge in [-0.15, -0.1) is 0 Å². The molecule has 0 aliphatic heterocycles. The zero-order valence-electron chi connectivity index (χ0n) is 10.2. The molecule has 0 aliphatic carbocycles. The Kier molecular flexibility index (Phi) is 3.96. The first kappa shape index (κ1) is 12.2. The molecule has 0 saturated heterocycles. The topological polar surface area (TPSA) is 60.1 Å². The number of carbonyl (C=O) groups excluding carboxylic acids is 1. The fourth-order valence-electron chi connectivity index (χ4n) is 1.51. The Morgan fingerprint density at radius 1 is 1.61 bits per heavy atom. The van der Waals surface area contributed by atoms with Crippen molar-refractivity contribution >= 4 is 17.7 Å². The van der Waals surface area contributed by atoms with Crippen LogP contribution in [0.1, 0.15) is 19.1 Å². The van der Waals surface area contributed by atoms with Gasteiger partial charge >= 0.3 is 0 Å². The molecule has 2 aromatic rings. The van der Waals surface area contributed by atoms with Crippen LogP contribution >= 0.6 is 0 Å². The average Bonchev–Trinajstić information content (AvgIpc) is 2.99. The van der Waals surface area contributed by atoms with Crippen molar-refractivity contribution in [2.75, 3.05) is 5.32 Å². The van der Waals surface area contributed by atoms with Crippen molar-refractivity contribution in [2.24, 2.45) is 0 Å². The van der Waals surface area contributed by atoms with E-state index in [1.165, 1.54) is 6.08 Å². The molecular weight excluding hydrogens is 230 g/mol. The maximum absolute atomic E-state index is 11.6. The third kappa shape index (κ3) is 3.35. The van der Waals surface area contributed by atoms with Gasteiger partial charge in [-0.3, -0.25) is 9.48 Å². The molecule has 94 valence electrons. The lowest BCUT2D eigenvalue weighted by Gasteiger charge is -1.97. The van der Waals surface area contributed by atoms with Crippen molar-refractivity contribution in [1.29, 1.82) is 0 Å². The molecule has 0 bridgehead atoms. The van der Waals surface area contributed by atoms with Crippen LogP contribution in [0.15, 0.2) is 41.3 Å². The summed E-state index contributed by atoms with van der Waals surface area (Å²) in [6.45, 7) is 2.92. The molecule has 0 aromatic carbocycles. The Morgan fingerprint density at radius 2 is 2.50 bits per heavy atom. The molecule has 5 nitrogen and oxygen atoms in total. The van der Waals surface area contributed by atoms with Crippen LogP contribution in [0.25, 0.3) is 6.08 Å². The Bertz CT molecular complexity index is 526. The summed E-state index contributed by atoms with van der Waals surface area (Å²) in [4.78, 5) is 11.6. The lowest BCUT2D eigenvalue weighted by molar-refractivity contribution is -0.111. The Morgan fingerprint density at radius 3 is 3.22 bits per heavy atom. The maximum Gasteiger partial charge on any atom is 0.248 e. The van der Waals surface area contributed by atoms with Crippen LogP contribution in [0.2, 0.25) is 0 Å². The van der Waals surface area contributed by atoms with E-state index in [2.05, 4.69) is 17.3 Å². The molecule has 18 heavy (non-hydrogen) atoms. The van der Waals surface area contributed by atoms with E-state index in [-0.39, 0.29) is 5.91 Å². The van der Waals surface area contributed by atoms with Crippen LogP contribution in [-0.4, -0.2) is 15.7 Å². The second kappa shape index (κ2) is 5.86. The van der Waals surface area contributed by atoms with Crippen molar-refractivity contribution in [3.63, 3.8) is 0 Å². The highest BCUT2D eigenvalue weighted by atomic mass is 16.3. The van der Waals surface area contributed by atoms with Gasteiger partial charge in [0, 0.05) is 18.8 Å². The maximum atomic E-state index is 11.6. The molecule has 5 heteroatoms. The smallest absolute Gasteiger partial charge is 0.248 e. The minimum atomic E-state index is -0.206. The monoisotopic (exact) mass is 245 g/mol. The highest BCUT2D eigenvalue weighted by molar-refractivity contribution is 6.01. The summed E-state index contributed by atoms with van der Waals surface area (Å²) in [6, 6.07) is 3.55. The van der Waals surface area contributed by atoms with Gasteiger partial charge < -0.3 is 9.73 Å². The number of carbonyl (C=O) groups is 1. The zero-order chi connectivity index (χ0) is 12.8. The zero-order valence-corrected chi connectivity index (χ0v) is 10.2. The Balaban J connectivity index is 1.90. The van der Waals surface area contributed by atoms with Crippen LogP contribution in [0.5, 0.6) is 0 Å². The summed E-state index contributed by atoms with van der Waals surface area (Å²) in [7, 11) is 0. The molecule has 1 N–H and O–H groups in total. The molecule has 0 saturated carbocycles. The van der Waals surface area contributed by atoms with E-state index in [4.69, 9.17) is 4.42 Å². The minimum Gasteiger partial charge on any atom is -0.465 e. The first-order valence-corrected chi connectivity index (χ1v) is 5.83. The summed E-state index contributed by atoms with van der Waals surface area (Å²) in [6.07, 6.45) is 9.05. The number of aromatic nitrogens is 2. The van der Waals surface area contributed by atoms with Gasteiger partial charge in [-0.05, 0) is 24.6 Å². The number of furan rings is 1. The predicted octanol–water partition coefficient (Wildman–Crippen LogP) is 2.54. The molecule has 2 rings (SSSR count). The third-order valence-electron chi connectivity index (χ3n) is 2.30. The van der Waals surface area contributed by atoms with E-state index in [0.29, 0.717) is 11.4 Å². The molecule has 0 atom stereocenters. The number of aryl methyl sites for hydroxylation is 1. The predicted molar refractivity (Wildman–Crippen MR) is 68.9 cm³/mol. The SMILES string of the molecule is CCCn1cc(NC(=O)/C=C\c2ccco2)cn1. The van der Waals surface area contributed by atoms with Crippen molar-refractivity contribution in [3.8, 4) is 0 Å². The summed E-state index contributed by atoms with van der Waals surface area (Å²) in [5.41, 5.74) is 0.692. The summed E-state index contributed by atoms with van der Waals surface area (Å²) in [5, 5.41) is 6.86. The van der Waals surface area contributed by atoms with Crippen LogP contribution in [0.4, 0.5) is 5.69 Å². The van der Waals surface area contributed by atoms with Gasteiger partial charge in [0.05, 0.1) is 18.1 Å². The van der Waals surface area contributed by atoms with E-state index in [1.54, 1.807) is 35.4 Å². The van der Waals surface area contributed by atoms with Crippen LogP contribution < -0.4 is 5.32 Å². The van der Waals surface area contributed by atoms with Gasteiger partial charge in [-0.1, -0.05) is 6.92 Å². The molecule has 0 spiro atoms. The molecule has 0 aliphatic rings. The minimum absolute atomic E-state index is 0.206. The van der Waals surface area contributed by atoms with Crippen LogP contribution in [0.3, 0.4) is 0 Å². The number of amides is 1. The lowest BCUT2D eigenvalue weighted by atomic mass is 10.4. The van der Waals surface area contributed by atoms with Crippen molar-refractivity contribution in [2.45, 2.75) is 19.9 Å². The fraction of sp³-hybridized carbons (Fsp3) is 0.231. The van der Waals surface area contributed by atoms with Gasteiger partial charge in [-0.2, -0.15) is 5.10 Å². The number of anilines is 1. The van der Waals surface area contributed by atoms with Gasteiger partial charge in [-0.25, -0.2) is 0 Å². The standard InChI is InChI=1S/C13H15N3O2/c1-2-7-16-10-11(9-14-16)15-13(17)6-5-12-4-3-8-18-12/h3-6,8-10H,2,7H2,1H3,(H,15,17)/b6-5-. The summed E-state index contributed by atoms with van der Waals surface area (Å²) >= 11 is 0. The van der Waals surface area contributed by atoms with E-state index in [1.807, 2.05) is 6.20 Å². The van der Waals surface area contributed by atoms with Crippen molar-refractivity contribution < 1.29 is 9.21 Å². The third-order valence-corrected chi connectivity index (χ3v) is 2.30. The van der Waals surface area contributed by atoms with E-state index in [9.17, 15) is 4.79 Å². The molecular formula is C13H15N3O2. The molecule has 2 heterocycles. The van der Waals surface area contributed by atoms with Gasteiger partial charge in [0.1, 0.15) is 5.76 Å². The largest absolute Gasteiger partial charge is 0.465 e. The number of nitrogens with one attached hydrogen (secondary N) is 1. The van der Waals surface area contributed by atoms with E-state index < -0.39 is 0 Å². The number of rotatable bonds is 5. The Labute approximate surface area is 105 Å². The summed E-state index contributed by atoms with van der Waals surface area (Å²) in [5.74, 6) is 0.439. The average molecular weight is 245 g/mol. The summed E-state index contributed by atoms with van der Waals surface area (Å²) < 4.78 is 6.88. The normalized spacial score (nSPS) is 10.9. The fourth-order valence-corrected chi connectivity index (χ4v) is 1.51. The first-order chi connectivity index (χ1) is 8.78. The molecule has 1 amide bonds. The van der Waals surface area contributed by atoms with Crippen LogP contribution in [-0.2, 0) is 11.3 Å². The molecule has 0 fully saturated rings. The van der Waals surface area contributed by atoms with E-state index in [0.717, 1.165) is 13.0 Å². The Hall–Kier alpha value is -2.30. The van der Waals surface area contributed by atoms with Gasteiger partial charge in [0.2, 0.25) is 5.91 Å². The lowest BCUT2D eigenvalue weighted by Crippen LogP contribution is -2.06. The number of nitrogens with zero attached hydrogens (tertiary/aromatic N) is 2. The van der Waals surface area contributed by atoms with Gasteiger partial charge in [0.25, 0.3) is 0 Å². The van der Waals surface area contributed by atoms with Gasteiger partial charge in [0.15, 0.2) is 0 Å². The number of hydrogen-bond donors (Lipinski definition) is 1. The van der Waals surface area contributed by atoms with Crippen molar-refractivity contribution in [3.05, 3.63) is 42.6 Å². The second-order valence-electron chi connectivity index (χ2n) is 3.83. The van der Waals surface area contributed by atoms with E-state index >= 15 is 0 Å². The van der Waals surface area contributed by atoms with Crippen LogP contribution in [0, 0.1) is 0 Å². The molecule has 2 aromatic heterocycles. The molecule has 0 unspecified atom stereocenters. The number of hydrogen-bond acceptors (Lipinski definition) is 3. The highest BCUT2D eigenvalue weighted by Crippen LogP contribution is 2.06. The molecule has 0 radical (unpaired) electrons. The first-order valence-electron chi connectivity index (χ1n) is 5.83.